The Bertz CT molecular complexity index is 802. The maximum Gasteiger partial charge on any atom is 0.0702 e. The number of benzene rings is 1. The zero-order valence-electron chi connectivity index (χ0n) is 12.2. The molecular formula is C18H17NS2. The highest BCUT2D eigenvalue weighted by Crippen LogP contribution is 2.40. The fraction of sp³-hybridized carbons (Fsp3) is 0.167. The highest BCUT2D eigenvalue weighted by molar-refractivity contribution is 8.09. The second-order valence-electron chi connectivity index (χ2n) is 4.98. The zero-order valence-corrected chi connectivity index (χ0v) is 13.9. The highest BCUT2D eigenvalue weighted by atomic mass is 32.2. The van der Waals surface area contributed by atoms with Crippen LogP contribution in [0.2, 0.25) is 0 Å². The lowest BCUT2D eigenvalue weighted by atomic mass is 10.1. The van der Waals surface area contributed by atoms with E-state index in [1.165, 1.54) is 15.3 Å². The molecule has 2 heterocycles. The first-order valence-electron chi connectivity index (χ1n) is 6.98. The number of hydrogen-bond acceptors (Lipinski definition) is 3. The van der Waals surface area contributed by atoms with E-state index in [4.69, 9.17) is 0 Å². The molecule has 0 unspecified atom stereocenters. The number of rotatable bonds is 4. The lowest BCUT2D eigenvalue weighted by Gasteiger charge is -2.07. The van der Waals surface area contributed by atoms with Crippen molar-refractivity contribution in [3.8, 4) is 0 Å². The van der Waals surface area contributed by atoms with Gasteiger partial charge >= 0.3 is 0 Å². The molecule has 3 heteroatoms. The monoisotopic (exact) mass is 311 g/mol. The molecule has 0 radical (unpaired) electrons. The summed E-state index contributed by atoms with van der Waals surface area (Å²) in [6.07, 6.45) is 2.99. The van der Waals surface area contributed by atoms with Gasteiger partial charge in [0.2, 0.25) is 0 Å². The molecule has 0 N–H and O–H groups in total. The minimum absolute atomic E-state index is 1.03. The lowest BCUT2D eigenvalue weighted by Crippen LogP contribution is -1.85. The largest absolute Gasteiger partial charge is 0.256 e. The lowest BCUT2D eigenvalue weighted by molar-refractivity contribution is 1.09. The maximum absolute atomic E-state index is 4.52. The standard InChI is InChI=1S/C18H17NS2/c1-4-16-12(2)11-20-18(16)21-13(3)15-9-14-7-5-6-8-17(14)19-10-15/h5-11H,3-4H2,1-2H3. The molecule has 0 atom stereocenters. The Morgan fingerprint density at radius 2 is 2.14 bits per heavy atom. The van der Waals surface area contributed by atoms with Crippen molar-refractivity contribution in [3.63, 3.8) is 0 Å². The first-order valence-corrected chi connectivity index (χ1v) is 8.67. The van der Waals surface area contributed by atoms with Crippen molar-refractivity contribution >= 4 is 38.9 Å². The van der Waals surface area contributed by atoms with Gasteiger partial charge in [-0.2, -0.15) is 0 Å². The van der Waals surface area contributed by atoms with Gasteiger partial charge in [0.1, 0.15) is 0 Å². The van der Waals surface area contributed by atoms with Crippen LogP contribution >= 0.6 is 23.1 Å². The van der Waals surface area contributed by atoms with Crippen LogP contribution in [-0.4, -0.2) is 4.98 Å². The Kier molecular flexibility index (Phi) is 4.13. The van der Waals surface area contributed by atoms with Gasteiger partial charge < -0.3 is 0 Å². The average molecular weight is 311 g/mol. The minimum atomic E-state index is 1.03. The predicted octanol–water partition coefficient (Wildman–Crippen LogP) is 5.93. The fourth-order valence-corrected chi connectivity index (χ4v) is 4.74. The summed E-state index contributed by atoms with van der Waals surface area (Å²) in [4.78, 5) is 5.58. The van der Waals surface area contributed by atoms with E-state index in [2.05, 4.69) is 42.9 Å². The van der Waals surface area contributed by atoms with Crippen molar-refractivity contribution < 1.29 is 0 Å². The molecule has 0 aliphatic carbocycles. The van der Waals surface area contributed by atoms with Crippen LogP contribution in [0.1, 0.15) is 23.6 Å². The van der Waals surface area contributed by atoms with E-state index in [1.54, 1.807) is 11.8 Å². The predicted molar refractivity (Wildman–Crippen MR) is 95.1 cm³/mol. The van der Waals surface area contributed by atoms with Gasteiger partial charge in [0.15, 0.2) is 0 Å². The summed E-state index contributed by atoms with van der Waals surface area (Å²) >= 11 is 3.57. The van der Waals surface area contributed by atoms with Crippen LogP contribution in [0.4, 0.5) is 0 Å². The molecule has 0 fully saturated rings. The molecule has 0 saturated heterocycles. The zero-order chi connectivity index (χ0) is 14.8. The number of para-hydroxylation sites is 1. The third kappa shape index (κ3) is 2.89. The van der Waals surface area contributed by atoms with Crippen LogP contribution in [0.3, 0.4) is 0 Å². The third-order valence-electron chi connectivity index (χ3n) is 3.55. The van der Waals surface area contributed by atoms with E-state index in [-0.39, 0.29) is 0 Å². The second-order valence-corrected chi connectivity index (χ2v) is 7.22. The van der Waals surface area contributed by atoms with E-state index in [1.807, 2.05) is 35.7 Å². The van der Waals surface area contributed by atoms with Crippen LogP contribution in [0.5, 0.6) is 0 Å². The molecule has 0 saturated carbocycles. The Balaban J connectivity index is 1.89. The summed E-state index contributed by atoms with van der Waals surface area (Å²) in [7, 11) is 0. The first-order chi connectivity index (χ1) is 10.2. The van der Waals surface area contributed by atoms with Crippen LogP contribution in [0.25, 0.3) is 15.8 Å². The molecule has 2 aromatic heterocycles. The van der Waals surface area contributed by atoms with Crippen molar-refractivity contribution in [3.05, 3.63) is 65.2 Å². The number of thiophene rings is 1. The van der Waals surface area contributed by atoms with Crippen molar-refractivity contribution in [2.24, 2.45) is 0 Å². The van der Waals surface area contributed by atoms with E-state index in [0.717, 1.165) is 27.8 Å². The van der Waals surface area contributed by atoms with Gasteiger partial charge in [-0.05, 0) is 42.0 Å². The second kappa shape index (κ2) is 6.04. The summed E-state index contributed by atoms with van der Waals surface area (Å²) in [5, 5.41) is 3.39. The molecule has 21 heavy (non-hydrogen) atoms. The molecule has 3 rings (SSSR count). The molecule has 0 amide bonds. The van der Waals surface area contributed by atoms with Gasteiger partial charge in [-0.25, -0.2) is 0 Å². The highest BCUT2D eigenvalue weighted by Gasteiger charge is 2.11. The SMILES string of the molecule is C=C(Sc1scc(C)c1CC)c1cnc2ccccc2c1. The Labute approximate surface area is 133 Å². The molecule has 1 aromatic carbocycles. The number of aryl methyl sites for hydroxylation is 1. The van der Waals surface area contributed by atoms with Crippen molar-refractivity contribution in [1.82, 2.24) is 4.98 Å². The Morgan fingerprint density at radius 1 is 1.33 bits per heavy atom. The summed E-state index contributed by atoms with van der Waals surface area (Å²) in [6, 6.07) is 10.4. The van der Waals surface area contributed by atoms with Crippen LogP contribution in [-0.2, 0) is 6.42 Å². The number of pyridine rings is 1. The molecule has 0 aliphatic heterocycles. The van der Waals surface area contributed by atoms with Gasteiger partial charge in [0.25, 0.3) is 0 Å². The van der Waals surface area contributed by atoms with Crippen LogP contribution in [0.15, 0.2) is 52.7 Å². The van der Waals surface area contributed by atoms with Crippen LogP contribution < -0.4 is 0 Å². The minimum Gasteiger partial charge on any atom is -0.256 e. The van der Waals surface area contributed by atoms with Gasteiger partial charge in [-0.1, -0.05) is 43.5 Å². The molecule has 106 valence electrons. The Morgan fingerprint density at radius 3 is 2.95 bits per heavy atom. The fourth-order valence-electron chi connectivity index (χ4n) is 2.35. The van der Waals surface area contributed by atoms with Crippen molar-refractivity contribution in [1.29, 1.82) is 0 Å². The van der Waals surface area contributed by atoms with E-state index in [0.29, 0.717) is 0 Å². The summed E-state index contributed by atoms with van der Waals surface area (Å²) in [6.45, 7) is 8.63. The smallest absolute Gasteiger partial charge is 0.0702 e. The number of hydrogen-bond donors (Lipinski definition) is 0. The molecule has 0 bridgehead atoms. The molecule has 3 aromatic rings. The first kappa shape index (κ1) is 14.4. The van der Waals surface area contributed by atoms with Gasteiger partial charge in [0.05, 0.1) is 9.73 Å². The van der Waals surface area contributed by atoms with E-state index in [9.17, 15) is 0 Å². The maximum atomic E-state index is 4.52. The van der Waals surface area contributed by atoms with Gasteiger partial charge in [-0.3, -0.25) is 4.98 Å². The number of thioether (sulfide) groups is 1. The number of aromatic nitrogens is 1. The van der Waals surface area contributed by atoms with Crippen molar-refractivity contribution in [2.45, 2.75) is 24.5 Å². The number of nitrogens with zero attached hydrogens (tertiary/aromatic N) is 1. The quantitative estimate of drug-likeness (QED) is 0.554. The van der Waals surface area contributed by atoms with E-state index >= 15 is 0 Å². The topological polar surface area (TPSA) is 12.9 Å². The van der Waals surface area contributed by atoms with Gasteiger partial charge in [-0.15, -0.1) is 11.3 Å². The van der Waals surface area contributed by atoms with Crippen molar-refractivity contribution in [2.75, 3.05) is 0 Å². The molecule has 1 nitrogen and oxygen atoms in total. The normalized spacial score (nSPS) is 11.0. The summed E-state index contributed by atoms with van der Waals surface area (Å²) in [5.41, 5.74) is 4.96. The summed E-state index contributed by atoms with van der Waals surface area (Å²) in [5.74, 6) is 0. The van der Waals surface area contributed by atoms with E-state index < -0.39 is 0 Å². The average Bonchev–Trinajstić information content (AvgIpc) is 2.86. The number of fused-ring (bicyclic) bond motifs is 1. The third-order valence-corrected chi connectivity index (χ3v) is 5.93. The summed E-state index contributed by atoms with van der Waals surface area (Å²) < 4.78 is 1.35. The molecule has 0 spiro atoms. The van der Waals surface area contributed by atoms with Crippen LogP contribution in [0, 0.1) is 6.92 Å². The molecular weight excluding hydrogens is 294 g/mol. The molecule has 0 aliphatic rings. The Hall–Kier alpha value is -1.58. The van der Waals surface area contributed by atoms with Gasteiger partial charge in [0, 0.05) is 22.1 Å².